The molecule has 30 heavy (non-hydrogen) atoms. The number of fused-ring (bicyclic) bond motifs is 1. The molecule has 1 aliphatic heterocycles. The molecule has 0 N–H and O–H groups in total. The Hall–Kier alpha value is -3.25. The Morgan fingerprint density at radius 1 is 0.867 bits per heavy atom. The number of amides is 2. The highest BCUT2D eigenvalue weighted by molar-refractivity contribution is 6.30. The van der Waals surface area contributed by atoms with Gasteiger partial charge in [0.1, 0.15) is 0 Å². The van der Waals surface area contributed by atoms with Gasteiger partial charge in [-0.05, 0) is 61.4 Å². The number of hydrogen-bond donors (Lipinski definition) is 0. The second-order valence-electron chi connectivity index (χ2n) is 7.22. The number of nitrogens with zero attached hydrogens (tertiary/aromatic N) is 1. The molecule has 0 aromatic heterocycles. The summed E-state index contributed by atoms with van der Waals surface area (Å²) in [5.41, 5.74) is 1.04. The molecule has 2 atom stereocenters. The summed E-state index contributed by atoms with van der Waals surface area (Å²) >= 11 is 5.79. The average molecular weight is 424 g/mol. The molecular formula is C23H18ClNO5. The number of imide groups is 1. The van der Waals surface area contributed by atoms with Crippen molar-refractivity contribution in [3.05, 3.63) is 76.8 Å². The van der Waals surface area contributed by atoms with Crippen LogP contribution in [0.4, 0.5) is 5.69 Å². The third kappa shape index (κ3) is 3.78. The maximum atomic E-state index is 12.6. The van der Waals surface area contributed by atoms with Crippen molar-refractivity contribution in [2.45, 2.75) is 12.8 Å². The summed E-state index contributed by atoms with van der Waals surface area (Å²) in [7, 11) is 0. The van der Waals surface area contributed by atoms with Gasteiger partial charge in [-0.15, -0.1) is 0 Å². The normalized spacial score (nSPS) is 20.2. The number of ketones is 1. The Kier molecular flexibility index (Phi) is 5.50. The third-order valence-corrected chi connectivity index (χ3v) is 5.62. The summed E-state index contributed by atoms with van der Waals surface area (Å²) in [5.74, 6) is -2.06. The van der Waals surface area contributed by atoms with Crippen molar-refractivity contribution in [3.8, 4) is 0 Å². The maximum absolute atomic E-state index is 12.6. The largest absolute Gasteiger partial charge is 0.454 e. The predicted octanol–water partition coefficient (Wildman–Crippen LogP) is 3.84. The topological polar surface area (TPSA) is 80.8 Å². The van der Waals surface area contributed by atoms with Gasteiger partial charge < -0.3 is 4.74 Å². The zero-order valence-electron chi connectivity index (χ0n) is 15.9. The predicted molar refractivity (Wildman–Crippen MR) is 110 cm³/mol. The van der Waals surface area contributed by atoms with Crippen LogP contribution in [0.25, 0.3) is 0 Å². The number of ether oxygens (including phenoxy) is 1. The number of allylic oxidation sites excluding steroid dienone is 2. The van der Waals surface area contributed by atoms with E-state index in [1.807, 2.05) is 12.2 Å². The molecule has 0 radical (unpaired) electrons. The number of hydrogen-bond acceptors (Lipinski definition) is 5. The molecule has 0 saturated carbocycles. The molecular weight excluding hydrogens is 406 g/mol. The standard InChI is InChI=1S/C23H18ClNO5/c24-16-9-5-14(6-10-16)20(26)13-30-23(29)15-7-11-17(12-8-15)25-21(27)18-3-1-2-4-19(18)22(25)28/h1-2,5-12,18-19H,3-4,13H2/t18-,19-/m0/s1. The molecule has 0 spiro atoms. The van der Waals surface area contributed by atoms with E-state index in [0.717, 1.165) is 0 Å². The Morgan fingerprint density at radius 3 is 1.97 bits per heavy atom. The van der Waals surface area contributed by atoms with Crippen molar-refractivity contribution in [1.29, 1.82) is 0 Å². The number of carbonyl (C=O) groups is 4. The molecule has 2 aliphatic rings. The van der Waals surface area contributed by atoms with Gasteiger partial charge in [-0.1, -0.05) is 23.8 Å². The molecule has 0 unspecified atom stereocenters. The zero-order valence-corrected chi connectivity index (χ0v) is 16.7. The molecule has 1 heterocycles. The molecule has 1 aliphatic carbocycles. The van der Waals surface area contributed by atoms with Crippen LogP contribution >= 0.6 is 11.6 Å². The van der Waals surface area contributed by atoms with E-state index in [1.165, 1.54) is 29.2 Å². The summed E-state index contributed by atoms with van der Waals surface area (Å²) in [6.07, 6.45) is 5.00. The van der Waals surface area contributed by atoms with Gasteiger partial charge in [-0.3, -0.25) is 19.3 Å². The molecule has 4 rings (SSSR count). The zero-order chi connectivity index (χ0) is 21.3. The summed E-state index contributed by atoms with van der Waals surface area (Å²) < 4.78 is 5.08. The van der Waals surface area contributed by atoms with E-state index in [4.69, 9.17) is 16.3 Å². The van der Waals surface area contributed by atoms with Gasteiger partial charge >= 0.3 is 5.97 Å². The van der Waals surface area contributed by atoms with E-state index in [9.17, 15) is 19.2 Å². The van der Waals surface area contributed by atoms with Crippen LogP contribution in [0.2, 0.25) is 5.02 Å². The van der Waals surface area contributed by atoms with E-state index in [1.54, 1.807) is 24.3 Å². The monoisotopic (exact) mass is 423 g/mol. The van der Waals surface area contributed by atoms with Crippen molar-refractivity contribution in [2.75, 3.05) is 11.5 Å². The highest BCUT2D eigenvalue weighted by Crippen LogP contribution is 2.37. The number of benzene rings is 2. The average Bonchev–Trinajstić information content (AvgIpc) is 3.03. The SMILES string of the molecule is O=C(COC(=O)c1ccc(N2C(=O)[C@H]3CC=CC[C@@H]3C2=O)cc1)c1ccc(Cl)cc1. The molecule has 2 aromatic carbocycles. The highest BCUT2D eigenvalue weighted by Gasteiger charge is 2.47. The summed E-state index contributed by atoms with van der Waals surface area (Å²) in [6.45, 7) is -0.401. The summed E-state index contributed by atoms with van der Waals surface area (Å²) in [5, 5.41) is 0.508. The second kappa shape index (κ2) is 8.24. The Labute approximate surface area is 178 Å². The van der Waals surface area contributed by atoms with Crippen LogP contribution in [0, 0.1) is 11.8 Å². The number of anilines is 1. The molecule has 7 heteroatoms. The number of rotatable bonds is 5. The fourth-order valence-corrected chi connectivity index (χ4v) is 3.86. The minimum absolute atomic E-state index is 0.210. The van der Waals surface area contributed by atoms with E-state index in [-0.39, 0.29) is 35.0 Å². The van der Waals surface area contributed by atoms with Gasteiger partial charge in [-0.2, -0.15) is 0 Å². The molecule has 2 amide bonds. The first-order valence-corrected chi connectivity index (χ1v) is 9.92. The van der Waals surface area contributed by atoms with Crippen molar-refractivity contribution in [2.24, 2.45) is 11.8 Å². The number of esters is 1. The molecule has 152 valence electrons. The molecule has 2 aromatic rings. The first kappa shape index (κ1) is 20.0. The lowest BCUT2D eigenvalue weighted by molar-refractivity contribution is -0.122. The van der Waals surface area contributed by atoms with Crippen molar-refractivity contribution in [1.82, 2.24) is 0 Å². The first-order valence-electron chi connectivity index (χ1n) is 9.54. The third-order valence-electron chi connectivity index (χ3n) is 5.37. The van der Waals surface area contributed by atoms with Gasteiger partial charge in [0.2, 0.25) is 11.8 Å². The second-order valence-corrected chi connectivity index (χ2v) is 7.66. The van der Waals surface area contributed by atoms with Gasteiger partial charge in [-0.25, -0.2) is 4.79 Å². The lowest BCUT2D eigenvalue weighted by atomic mass is 9.85. The number of carbonyl (C=O) groups excluding carboxylic acids is 4. The van der Waals surface area contributed by atoms with Crippen molar-refractivity contribution >= 4 is 40.9 Å². The number of halogens is 1. The quantitative estimate of drug-likeness (QED) is 0.316. The molecule has 1 saturated heterocycles. The van der Waals surface area contributed by atoms with Gasteiger partial charge in [0.25, 0.3) is 0 Å². The van der Waals surface area contributed by atoms with Crippen LogP contribution in [-0.2, 0) is 14.3 Å². The van der Waals surface area contributed by atoms with Crippen LogP contribution in [-0.4, -0.2) is 30.2 Å². The summed E-state index contributed by atoms with van der Waals surface area (Å²) in [4.78, 5) is 50.8. The van der Waals surface area contributed by atoms with Gasteiger partial charge in [0, 0.05) is 10.6 Å². The maximum Gasteiger partial charge on any atom is 0.338 e. The van der Waals surface area contributed by atoms with Crippen LogP contribution in [0.1, 0.15) is 33.6 Å². The minimum atomic E-state index is -0.666. The fraction of sp³-hybridized carbons (Fsp3) is 0.217. The Balaban J connectivity index is 1.40. The van der Waals surface area contributed by atoms with E-state index >= 15 is 0 Å². The molecule has 6 nitrogen and oxygen atoms in total. The fourth-order valence-electron chi connectivity index (χ4n) is 3.73. The van der Waals surface area contributed by atoms with Crippen molar-refractivity contribution in [3.63, 3.8) is 0 Å². The van der Waals surface area contributed by atoms with E-state index < -0.39 is 12.6 Å². The van der Waals surface area contributed by atoms with Gasteiger partial charge in [0.15, 0.2) is 12.4 Å². The lowest BCUT2D eigenvalue weighted by Crippen LogP contribution is -2.30. The Morgan fingerprint density at radius 2 is 1.40 bits per heavy atom. The number of Topliss-reactive ketones (excluding diaryl/α,β-unsaturated/α-hetero) is 1. The molecule has 1 fully saturated rings. The van der Waals surface area contributed by atoms with Crippen LogP contribution in [0.5, 0.6) is 0 Å². The van der Waals surface area contributed by atoms with E-state index in [2.05, 4.69) is 0 Å². The minimum Gasteiger partial charge on any atom is -0.454 e. The smallest absolute Gasteiger partial charge is 0.338 e. The van der Waals surface area contributed by atoms with Gasteiger partial charge in [0.05, 0.1) is 23.1 Å². The van der Waals surface area contributed by atoms with Crippen LogP contribution < -0.4 is 4.90 Å². The Bertz CT molecular complexity index is 1020. The summed E-state index contributed by atoms with van der Waals surface area (Å²) in [6, 6.07) is 12.3. The van der Waals surface area contributed by atoms with Crippen LogP contribution in [0.15, 0.2) is 60.7 Å². The van der Waals surface area contributed by atoms with Crippen molar-refractivity contribution < 1.29 is 23.9 Å². The lowest BCUT2D eigenvalue weighted by Gasteiger charge is -2.15. The highest BCUT2D eigenvalue weighted by atomic mass is 35.5. The first-order chi connectivity index (χ1) is 14.5. The molecule has 0 bridgehead atoms. The van der Waals surface area contributed by atoms with E-state index in [0.29, 0.717) is 29.1 Å². The van der Waals surface area contributed by atoms with Crippen LogP contribution in [0.3, 0.4) is 0 Å².